The van der Waals surface area contributed by atoms with Crippen molar-refractivity contribution in [1.82, 2.24) is 9.97 Å². The van der Waals surface area contributed by atoms with Gasteiger partial charge < -0.3 is 15.2 Å². The van der Waals surface area contributed by atoms with E-state index in [4.69, 9.17) is 9.84 Å². The van der Waals surface area contributed by atoms with Crippen molar-refractivity contribution in [3.8, 4) is 0 Å². The molecule has 7 heteroatoms. The molecule has 0 saturated carbocycles. The summed E-state index contributed by atoms with van der Waals surface area (Å²) in [5.41, 5.74) is -0.254. The molecule has 1 saturated heterocycles. The number of amides is 1. The summed E-state index contributed by atoms with van der Waals surface area (Å²) in [6.07, 6.45) is 3.24. The fourth-order valence-electron chi connectivity index (χ4n) is 2.07. The molecule has 2 atom stereocenters. The fourth-order valence-corrected chi connectivity index (χ4v) is 2.07. The standard InChI is InChI=1S/C12H15N3O4/c1-7-6-19-5-2-8(7)11(16)15-10-9(12(17)18)13-3-4-14-10/h3-4,7-8H,2,5-6H2,1H3,(H,17,18)(H,14,15,16). The largest absolute Gasteiger partial charge is 0.476 e. The van der Waals surface area contributed by atoms with Crippen LogP contribution in [0.4, 0.5) is 5.82 Å². The molecule has 1 aromatic rings. The number of aromatic nitrogens is 2. The average Bonchev–Trinajstić information content (AvgIpc) is 2.39. The number of nitrogens with zero attached hydrogens (tertiary/aromatic N) is 2. The second-order valence-corrected chi connectivity index (χ2v) is 4.50. The summed E-state index contributed by atoms with van der Waals surface area (Å²) in [7, 11) is 0. The molecule has 0 aromatic carbocycles. The molecule has 19 heavy (non-hydrogen) atoms. The molecule has 1 aromatic heterocycles. The van der Waals surface area contributed by atoms with Gasteiger partial charge in [0.1, 0.15) is 0 Å². The molecule has 2 rings (SSSR count). The number of ether oxygens (including phenoxy) is 1. The van der Waals surface area contributed by atoms with E-state index in [9.17, 15) is 9.59 Å². The van der Waals surface area contributed by atoms with Crippen molar-refractivity contribution in [3.63, 3.8) is 0 Å². The minimum atomic E-state index is -1.22. The SMILES string of the molecule is CC1COCCC1C(=O)Nc1nccnc1C(=O)O. The highest BCUT2D eigenvalue weighted by atomic mass is 16.5. The number of hydrogen-bond acceptors (Lipinski definition) is 5. The second kappa shape index (κ2) is 5.75. The summed E-state index contributed by atoms with van der Waals surface area (Å²) < 4.78 is 5.27. The number of rotatable bonds is 3. The van der Waals surface area contributed by atoms with E-state index < -0.39 is 5.97 Å². The van der Waals surface area contributed by atoms with Gasteiger partial charge in [-0.15, -0.1) is 0 Å². The van der Waals surface area contributed by atoms with Gasteiger partial charge in [-0.2, -0.15) is 0 Å². The smallest absolute Gasteiger partial charge is 0.358 e. The average molecular weight is 265 g/mol. The van der Waals surface area contributed by atoms with Gasteiger partial charge >= 0.3 is 5.97 Å². The van der Waals surface area contributed by atoms with Crippen LogP contribution < -0.4 is 5.32 Å². The number of hydrogen-bond donors (Lipinski definition) is 2. The molecular formula is C12H15N3O4. The number of nitrogens with one attached hydrogen (secondary N) is 1. The number of anilines is 1. The van der Waals surface area contributed by atoms with Crippen LogP contribution in [0.25, 0.3) is 0 Å². The lowest BCUT2D eigenvalue weighted by molar-refractivity contribution is -0.125. The second-order valence-electron chi connectivity index (χ2n) is 4.50. The van der Waals surface area contributed by atoms with E-state index in [-0.39, 0.29) is 29.3 Å². The molecule has 2 heterocycles. The van der Waals surface area contributed by atoms with Crippen molar-refractivity contribution in [2.45, 2.75) is 13.3 Å². The van der Waals surface area contributed by atoms with Crippen molar-refractivity contribution in [2.24, 2.45) is 11.8 Å². The zero-order chi connectivity index (χ0) is 13.8. The van der Waals surface area contributed by atoms with Gasteiger partial charge in [-0.3, -0.25) is 4.79 Å². The molecule has 0 aliphatic carbocycles. The van der Waals surface area contributed by atoms with Crippen LogP contribution in [-0.4, -0.2) is 40.2 Å². The summed E-state index contributed by atoms with van der Waals surface area (Å²) in [5, 5.41) is 11.5. The molecule has 0 spiro atoms. The van der Waals surface area contributed by atoms with Crippen LogP contribution in [0.15, 0.2) is 12.4 Å². The number of aromatic carboxylic acids is 1. The molecule has 102 valence electrons. The summed E-state index contributed by atoms with van der Waals surface area (Å²) in [5.74, 6) is -1.57. The third-order valence-corrected chi connectivity index (χ3v) is 3.12. The topological polar surface area (TPSA) is 101 Å². The Balaban J connectivity index is 2.12. The maximum absolute atomic E-state index is 12.1. The summed E-state index contributed by atoms with van der Waals surface area (Å²) in [6, 6.07) is 0. The molecule has 1 amide bonds. The predicted octanol–water partition coefficient (Wildman–Crippen LogP) is 0.786. The maximum atomic E-state index is 12.1. The molecule has 0 radical (unpaired) electrons. The zero-order valence-electron chi connectivity index (χ0n) is 10.5. The Kier molecular flexibility index (Phi) is 4.06. The van der Waals surface area contributed by atoms with E-state index in [0.717, 1.165) is 0 Å². The van der Waals surface area contributed by atoms with E-state index in [2.05, 4.69) is 15.3 Å². The van der Waals surface area contributed by atoms with Crippen molar-refractivity contribution in [2.75, 3.05) is 18.5 Å². The van der Waals surface area contributed by atoms with Gasteiger partial charge in [0.2, 0.25) is 5.91 Å². The van der Waals surface area contributed by atoms with Gasteiger partial charge in [0, 0.05) is 31.5 Å². The van der Waals surface area contributed by atoms with Gasteiger partial charge in [-0.25, -0.2) is 14.8 Å². The van der Waals surface area contributed by atoms with E-state index in [1.165, 1.54) is 12.4 Å². The lowest BCUT2D eigenvalue weighted by atomic mass is 9.89. The molecule has 7 nitrogen and oxygen atoms in total. The Morgan fingerprint density at radius 1 is 1.42 bits per heavy atom. The Bertz CT molecular complexity index is 492. The highest BCUT2D eigenvalue weighted by molar-refractivity contribution is 5.98. The zero-order valence-corrected chi connectivity index (χ0v) is 10.5. The van der Waals surface area contributed by atoms with Crippen molar-refractivity contribution >= 4 is 17.7 Å². The van der Waals surface area contributed by atoms with Crippen LogP contribution >= 0.6 is 0 Å². The quantitative estimate of drug-likeness (QED) is 0.837. The first-order chi connectivity index (χ1) is 9.09. The van der Waals surface area contributed by atoms with Crippen molar-refractivity contribution < 1.29 is 19.4 Å². The first-order valence-electron chi connectivity index (χ1n) is 6.02. The van der Waals surface area contributed by atoms with Gasteiger partial charge in [0.25, 0.3) is 0 Å². The molecule has 1 fully saturated rings. The highest BCUT2D eigenvalue weighted by Crippen LogP contribution is 2.23. The minimum absolute atomic E-state index is 0.0151. The number of carbonyl (C=O) groups is 2. The van der Waals surface area contributed by atoms with Crippen LogP contribution in [0.5, 0.6) is 0 Å². The lowest BCUT2D eigenvalue weighted by Gasteiger charge is -2.27. The Morgan fingerprint density at radius 2 is 2.16 bits per heavy atom. The van der Waals surface area contributed by atoms with Gasteiger partial charge in [0.15, 0.2) is 11.5 Å². The molecule has 1 aliphatic rings. The van der Waals surface area contributed by atoms with Gasteiger partial charge in [0.05, 0.1) is 0 Å². The lowest BCUT2D eigenvalue weighted by Crippen LogP contribution is -2.35. The highest BCUT2D eigenvalue weighted by Gasteiger charge is 2.29. The number of carboxylic acid groups (broad SMARTS) is 1. The van der Waals surface area contributed by atoms with Crippen molar-refractivity contribution in [1.29, 1.82) is 0 Å². The van der Waals surface area contributed by atoms with Crippen LogP contribution in [-0.2, 0) is 9.53 Å². The predicted molar refractivity (Wildman–Crippen MR) is 65.7 cm³/mol. The third-order valence-electron chi connectivity index (χ3n) is 3.12. The summed E-state index contributed by atoms with van der Waals surface area (Å²) >= 11 is 0. The molecular weight excluding hydrogens is 250 g/mol. The minimum Gasteiger partial charge on any atom is -0.476 e. The maximum Gasteiger partial charge on any atom is 0.358 e. The fraction of sp³-hybridized carbons (Fsp3) is 0.500. The van der Waals surface area contributed by atoms with E-state index >= 15 is 0 Å². The number of carboxylic acids is 1. The molecule has 1 aliphatic heterocycles. The molecule has 2 N–H and O–H groups in total. The van der Waals surface area contributed by atoms with Crippen LogP contribution in [0, 0.1) is 11.8 Å². The Morgan fingerprint density at radius 3 is 2.84 bits per heavy atom. The van der Waals surface area contributed by atoms with Crippen LogP contribution in [0.2, 0.25) is 0 Å². The van der Waals surface area contributed by atoms with E-state index in [1.54, 1.807) is 0 Å². The van der Waals surface area contributed by atoms with Gasteiger partial charge in [-0.1, -0.05) is 6.92 Å². The first kappa shape index (κ1) is 13.4. The van der Waals surface area contributed by atoms with Crippen molar-refractivity contribution in [3.05, 3.63) is 18.1 Å². The van der Waals surface area contributed by atoms with Crippen LogP contribution in [0.1, 0.15) is 23.8 Å². The third kappa shape index (κ3) is 3.05. The Labute approximate surface area is 110 Å². The van der Waals surface area contributed by atoms with E-state index in [0.29, 0.717) is 19.6 Å². The van der Waals surface area contributed by atoms with E-state index in [1.807, 2.05) is 6.92 Å². The Hall–Kier alpha value is -2.02. The summed E-state index contributed by atoms with van der Waals surface area (Å²) in [4.78, 5) is 30.6. The molecule has 2 unspecified atom stereocenters. The first-order valence-corrected chi connectivity index (χ1v) is 6.02. The molecule has 0 bridgehead atoms. The van der Waals surface area contributed by atoms with Gasteiger partial charge in [-0.05, 0) is 12.3 Å². The van der Waals surface area contributed by atoms with Crippen LogP contribution in [0.3, 0.4) is 0 Å². The number of carbonyl (C=O) groups excluding carboxylic acids is 1. The summed E-state index contributed by atoms with van der Waals surface area (Å²) in [6.45, 7) is 3.00. The normalized spacial score (nSPS) is 22.8. The monoisotopic (exact) mass is 265 g/mol.